The van der Waals surface area contributed by atoms with Crippen LogP contribution >= 0.6 is 0 Å². The minimum atomic E-state index is 0.271. The second-order valence-electron chi connectivity index (χ2n) is 6.17. The molecule has 4 rings (SSSR count). The highest BCUT2D eigenvalue weighted by Gasteiger charge is 2.18. The van der Waals surface area contributed by atoms with Crippen LogP contribution in [0.25, 0.3) is 33.2 Å². The summed E-state index contributed by atoms with van der Waals surface area (Å²) in [5.74, 6) is 0.271. The maximum absolute atomic E-state index is 9.65. The second-order valence-corrected chi connectivity index (χ2v) is 6.17. The van der Waals surface area contributed by atoms with Crippen molar-refractivity contribution in [2.24, 2.45) is 0 Å². The molecule has 0 atom stereocenters. The number of pyridine rings is 1. The first-order valence-electron chi connectivity index (χ1n) is 8.00. The van der Waals surface area contributed by atoms with E-state index in [4.69, 9.17) is 4.42 Å². The van der Waals surface area contributed by atoms with E-state index in [1.807, 2.05) is 42.5 Å². The molecule has 3 nitrogen and oxygen atoms in total. The fraction of sp³-hybridized carbons (Fsp3) is 0.143. The molecule has 2 aromatic heterocycles. The summed E-state index contributed by atoms with van der Waals surface area (Å²) in [5.41, 5.74) is 5.02. The van der Waals surface area contributed by atoms with E-state index in [-0.39, 0.29) is 5.92 Å². The summed E-state index contributed by atoms with van der Waals surface area (Å²) in [7, 11) is 0. The first-order chi connectivity index (χ1) is 11.7. The van der Waals surface area contributed by atoms with Gasteiger partial charge in [-0.05, 0) is 29.7 Å². The minimum absolute atomic E-state index is 0.271. The van der Waals surface area contributed by atoms with E-state index in [9.17, 15) is 5.26 Å². The van der Waals surface area contributed by atoms with Crippen LogP contribution in [0.5, 0.6) is 0 Å². The van der Waals surface area contributed by atoms with Gasteiger partial charge in [0, 0.05) is 22.5 Å². The molecular formula is C21H16N2O. The van der Waals surface area contributed by atoms with Gasteiger partial charge < -0.3 is 4.42 Å². The van der Waals surface area contributed by atoms with Crippen LogP contribution in [0.3, 0.4) is 0 Å². The van der Waals surface area contributed by atoms with Crippen LogP contribution in [0.4, 0.5) is 0 Å². The number of furan rings is 1. The van der Waals surface area contributed by atoms with E-state index in [2.05, 4.69) is 31.0 Å². The monoisotopic (exact) mass is 312 g/mol. The third-order valence-electron chi connectivity index (χ3n) is 4.37. The van der Waals surface area contributed by atoms with Gasteiger partial charge in [-0.2, -0.15) is 5.26 Å². The van der Waals surface area contributed by atoms with E-state index in [1.165, 1.54) is 0 Å². The normalized spacial score (nSPS) is 11.2. The van der Waals surface area contributed by atoms with Crippen molar-refractivity contribution in [2.45, 2.75) is 19.8 Å². The average molecular weight is 312 g/mol. The van der Waals surface area contributed by atoms with Crippen molar-refractivity contribution >= 4 is 21.9 Å². The van der Waals surface area contributed by atoms with Crippen molar-refractivity contribution in [1.82, 2.24) is 4.98 Å². The van der Waals surface area contributed by atoms with Crippen LogP contribution in [0.15, 0.2) is 59.1 Å². The highest BCUT2D eigenvalue weighted by atomic mass is 16.3. The van der Waals surface area contributed by atoms with E-state index < -0.39 is 0 Å². The Kier molecular flexibility index (Phi) is 3.32. The highest BCUT2D eigenvalue weighted by Crippen LogP contribution is 2.38. The van der Waals surface area contributed by atoms with Crippen LogP contribution < -0.4 is 0 Å². The number of fused-ring (bicyclic) bond motifs is 3. The lowest BCUT2D eigenvalue weighted by atomic mass is 9.94. The van der Waals surface area contributed by atoms with Gasteiger partial charge in [0.2, 0.25) is 0 Å². The molecule has 0 saturated carbocycles. The van der Waals surface area contributed by atoms with Gasteiger partial charge in [-0.1, -0.05) is 44.2 Å². The molecule has 0 radical (unpaired) electrons. The van der Waals surface area contributed by atoms with Gasteiger partial charge in [-0.3, -0.25) is 4.98 Å². The van der Waals surface area contributed by atoms with Crippen molar-refractivity contribution in [3.63, 3.8) is 0 Å². The van der Waals surface area contributed by atoms with Crippen LogP contribution in [0.1, 0.15) is 30.9 Å². The van der Waals surface area contributed by atoms with Crippen LogP contribution in [0, 0.1) is 11.3 Å². The van der Waals surface area contributed by atoms with Crippen molar-refractivity contribution in [3.05, 3.63) is 65.9 Å². The molecule has 116 valence electrons. The number of hydrogen-bond acceptors (Lipinski definition) is 3. The minimum Gasteiger partial charge on any atom is -0.455 e. The van der Waals surface area contributed by atoms with Gasteiger partial charge in [0.05, 0.1) is 11.3 Å². The Balaban J connectivity index is 2.13. The maximum Gasteiger partial charge on any atom is 0.153 e. The molecule has 2 aromatic carbocycles. The largest absolute Gasteiger partial charge is 0.455 e. The molecule has 2 heterocycles. The summed E-state index contributed by atoms with van der Waals surface area (Å²) in [4.78, 5) is 4.47. The third-order valence-corrected chi connectivity index (χ3v) is 4.37. The number of nitrogens with zero attached hydrogens (tertiary/aromatic N) is 2. The quantitative estimate of drug-likeness (QED) is 0.481. The van der Waals surface area contributed by atoms with Crippen molar-refractivity contribution < 1.29 is 4.42 Å². The topological polar surface area (TPSA) is 49.8 Å². The summed E-state index contributed by atoms with van der Waals surface area (Å²) in [6.45, 7) is 4.17. The van der Waals surface area contributed by atoms with Gasteiger partial charge in [0.15, 0.2) is 5.58 Å². The van der Waals surface area contributed by atoms with Gasteiger partial charge in [-0.25, -0.2) is 0 Å². The lowest BCUT2D eigenvalue weighted by molar-refractivity contribution is 0.665. The first-order valence-corrected chi connectivity index (χ1v) is 8.00. The molecule has 0 spiro atoms. The predicted octanol–water partition coefficient (Wildman–Crippen LogP) is 5.64. The zero-order valence-corrected chi connectivity index (χ0v) is 13.6. The number of benzene rings is 2. The molecule has 0 saturated heterocycles. The molecule has 0 aliphatic rings. The zero-order chi connectivity index (χ0) is 16.7. The standard InChI is InChI=1S/C21H16N2O/c1-13(2)14-9-10-16-20-15(18-7-3-4-11-23-18)6-5-8-19(20)24-21(16)17(14)12-22/h3-11,13H,1-2H3. The van der Waals surface area contributed by atoms with E-state index in [0.717, 1.165) is 33.2 Å². The van der Waals surface area contributed by atoms with Crippen LogP contribution in [-0.2, 0) is 0 Å². The smallest absolute Gasteiger partial charge is 0.153 e. The Morgan fingerprint density at radius 3 is 2.62 bits per heavy atom. The molecule has 3 heteroatoms. The Morgan fingerprint density at radius 2 is 1.92 bits per heavy atom. The summed E-state index contributed by atoms with van der Waals surface area (Å²) < 4.78 is 6.08. The number of nitriles is 1. The SMILES string of the molecule is CC(C)c1ccc2c(oc3cccc(-c4ccccn4)c32)c1C#N. The zero-order valence-electron chi connectivity index (χ0n) is 13.6. The lowest BCUT2D eigenvalue weighted by Crippen LogP contribution is -1.92. The third kappa shape index (κ3) is 2.08. The highest BCUT2D eigenvalue weighted by molar-refractivity contribution is 6.13. The van der Waals surface area contributed by atoms with Crippen molar-refractivity contribution in [3.8, 4) is 17.3 Å². The molecule has 24 heavy (non-hydrogen) atoms. The molecule has 0 fully saturated rings. The predicted molar refractivity (Wildman–Crippen MR) is 95.8 cm³/mol. The van der Waals surface area contributed by atoms with E-state index >= 15 is 0 Å². The maximum atomic E-state index is 9.65. The lowest BCUT2D eigenvalue weighted by Gasteiger charge is -2.07. The average Bonchev–Trinajstić information content (AvgIpc) is 3.00. The molecule has 0 aliphatic heterocycles. The molecule has 0 bridgehead atoms. The molecule has 4 aromatic rings. The van der Waals surface area contributed by atoms with Gasteiger partial charge >= 0.3 is 0 Å². The van der Waals surface area contributed by atoms with Gasteiger partial charge in [0.1, 0.15) is 11.7 Å². The Morgan fingerprint density at radius 1 is 1.04 bits per heavy atom. The summed E-state index contributed by atoms with van der Waals surface area (Å²) in [5, 5.41) is 11.6. The van der Waals surface area contributed by atoms with Crippen molar-refractivity contribution in [2.75, 3.05) is 0 Å². The number of aromatic nitrogens is 1. The second kappa shape index (κ2) is 5.50. The summed E-state index contributed by atoms with van der Waals surface area (Å²) >= 11 is 0. The summed E-state index contributed by atoms with van der Waals surface area (Å²) in [6.07, 6.45) is 1.79. The molecule has 0 unspecified atom stereocenters. The molecular weight excluding hydrogens is 296 g/mol. The molecule has 0 aliphatic carbocycles. The van der Waals surface area contributed by atoms with Crippen LogP contribution in [0.2, 0.25) is 0 Å². The van der Waals surface area contributed by atoms with Gasteiger partial charge in [0.25, 0.3) is 0 Å². The van der Waals surface area contributed by atoms with E-state index in [1.54, 1.807) is 6.20 Å². The van der Waals surface area contributed by atoms with Crippen molar-refractivity contribution in [1.29, 1.82) is 5.26 Å². The molecule has 0 amide bonds. The fourth-order valence-corrected chi connectivity index (χ4v) is 3.24. The Bertz CT molecular complexity index is 1090. The Labute approximate surface area is 140 Å². The number of hydrogen-bond donors (Lipinski definition) is 0. The molecule has 0 N–H and O–H groups in total. The van der Waals surface area contributed by atoms with Gasteiger partial charge in [-0.15, -0.1) is 0 Å². The Hall–Kier alpha value is -3.12. The van der Waals surface area contributed by atoms with E-state index in [0.29, 0.717) is 11.1 Å². The number of rotatable bonds is 2. The fourth-order valence-electron chi connectivity index (χ4n) is 3.24. The van der Waals surface area contributed by atoms with Crippen LogP contribution in [-0.4, -0.2) is 4.98 Å². The first kappa shape index (κ1) is 14.5. The summed E-state index contributed by atoms with van der Waals surface area (Å²) in [6, 6.07) is 18.2.